The van der Waals surface area contributed by atoms with Crippen molar-refractivity contribution in [3.05, 3.63) is 72.8 Å². The molecule has 172 valence electrons. The van der Waals surface area contributed by atoms with Crippen LogP contribution in [0.1, 0.15) is 13.8 Å². The molecular formula is C27H31O4PSn. The molecule has 0 spiro atoms. The van der Waals surface area contributed by atoms with E-state index in [1.165, 1.54) is 19.9 Å². The zero-order valence-electron chi connectivity index (χ0n) is 19.9. The molecule has 4 aromatic carbocycles. The molecule has 0 N–H and O–H groups in total. The summed E-state index contributed by atoms with van der Waals surface area (Å²) in [5, 5.41) is 4.50. The molecule has 0 atom stereocenters. The van der Waals surface area contributed by atoms with Gasteiger partial charge in [-0.25, -0.2) is 0 Å². The fourth-order valence-electron chi connectivity index (χ4n) is 4.28. The van der Waals surface area contributed by atoms with E-state index >= 15 is 0 Å². The first kappa shape index (κ1) is 24.3. The van der Waals surface area contributed by atoms with Crippen molar-refractivity contribution in [1.29, 1.82) is 0 Å². The predicted molar refractivity (Wildman–Crippen MR) is 141 cm³/mol. The van der Waals surface area contributed by atoms with Crippen molar-refractivity contribution in [3.8, 4) is 16.9 Å². The number of phosphoric acid groups is 1. The number of hydrogen-bond acceptors (Lipinski definition) is 4. The maximum absolute atomic E-state index is 13.4. The predicted octanol–water partition coefficient (Wildman–Crippen LogP) is 7.77. The van der Waals surface area contributed by atoms with Gasteiger partial charge in [0.05, 0.1) is 0 Å². The third kappa shape index (κ3) is 5.00. The van der Waals surface area contributed by atoms with Gasteiger partial charge in [0.25, 0.3) is 0 Å². The van der Waals surface area contributed by atoms with Crippen molar-refractivity contribution in [3.63, 3.8) is 0 Å². The van der Waals surface area contributed by atoms with E-state index in [1.54, 1.807) is 13.8 Å². The molecule has 4 nitrogen and oxygen atoms in total. The Morgan fingerprint density at radius 2 is 1.21 bits per heavy atom. The Bertz CT molecular complexity index is 1330. The van der Waals surface area contributed by atoms with Gasteiger partial charge in [0, 0.05) is 0 Å². The number of rotatable bonds is 8. The van der Waals surface area contributed by atoms with Crippen molar-refractivity contribution in [2.24, 2.45) is 0 Å². The van der Waals surface area contributed by atoms with Gasteiger partial charge < -0.3 is 0 Å². The summed E-state index contributed by atoms with van der Waals surface area (Å²) in [5.74, 6) is 0.520. The summed E-state index contributed by atoms with van der Waals surface area (Å²) in [6.07, 6.45) is 0. The summed E-state index contributed by atoms with van der Waals surface area (Å²) in [6.45, 7) is 4.04. The molecule has 0 saturated carbocycles. The van der Waals surface area contributed by atoms with Crippen LogP contribution in [-0.4, -0.2) is 31.6 Å². The summed E-state index contributed by atoms with van der Waals surface area (Å²) in [4.78, 5) is 7.25. The van der Waals surface area contributed by atoms with Crippen LogP contribution in [0, 0.1) is 0 Å². The van der Waals surface area contributed by atoms with Gasteiger partial charge in [0.15, 0.2) is 0 Å². The fraction of sp³-hybridized carbons (Fsp3) is 0.259. The second-order valence-electron chi connectivity index (χ2n) is 8.99. The number of phosphoric ester groups is 1. The molecule has 0 amide bonds. The van der Waals surface area contributed by atoms with Crippen molar-refractivity contribution >= 4 is 51.3 Å². The van der Waals surface area contributed by atoms with Gasteiger partial charge >= 0.3 is 201 Å². The van der Waals surface area contributed by atoms with Crippen LogP contribution in [0.25, 0.3) is 32.7 Å². The maximum atomic E-state index is 13.4. The van der Waals surface area contributed by atoms with E-state index in [1.807, 2.05) is 24.3 Å². The van der Waals surface area contributed by atoms with Crippen LogP contribution in [0.15, 0.2) is 72.8 Å². The van der Waals surface area contributed by atoms with Crippen LogP contribution < -0.4 is 8.10 Å². The quantitative estimate of drug-likeness (QED) is 0.161. The Labute approximate surface area is 200 Å². The van der Waals surface area contributed by atoms with Crippen LogP contribution in [0.2, 0.25) is 14.8 Å². The number of fused-ring (bicyclic) bond motifs is 2. The van der Waals surface area contributed by atoms with Crippen LogP contribution >= 0.6 is 7.82 Å². The first-order valence-electron chi connectivity index (χ1n) is 11.4. The van der Waals surface area contributed by atoms with Crippen LogP contribution in [0.3, 0.4) is 0 Å². The molecule has 0 aliphatic carbocycles. The van der Waals surface area contributed by atoms with Gasteiger partial charge in [-0.1, -0.05) is 0 Å². The Morgan fingerprint density at radius 1 is 0.697 bits per heavy atom. The van der Waals surface area contributed by atoms with Crippen LogP contribution in [0.4, 0.5) is 0 Å². The Kier molecular flexibility index (Phi) is 7.20. The topological polar surface area (TPSA) is 44.8 Å². The van der Waals surface area contributed by atoms with Gasteiger partial charge in [-0.2, -0.15) is 0 Å². The zero-order chi connectivity index (χ0) is 23.6. The molecule has 0 bridgehead atoms. The molecule has 0 radical (unpaired) electrons. The summed E-state index contributed by atoms with van der Waals surface area (Å²) >= 11 is -2.60. The van der Waals surface area contributed by atoms with Gasteiger partial charge in [0.1, 0.15) is 0 Å². The molecule has 4 aromatic rings. The van der Waals surface area contributed by atoms with E-state index in [0.717, 1.165) is 16.3 Å². The van der Waals surface area contributed by atoms with Crippen molar-refractivity contribution in [2.75, 3.05) is 13.2 Å². The molecular weight excluding hydrogens is 538 g/mol. The van der Waals surface area contributed by atoms with E-state index in [-0.39, 0.29) is 13.2 Å². The molecule has 33 heavy (non-hydrogen) atoms. The number of benzene rings is 4. The summed E-state index contributed by atoms with van der Waals surface area (Å²) < 4.78 is 31.9. The minimum atomic E-state index is -3.77. The standard InChI is InChI=1S/C24H22O4P.3CH3.Sn/c1-3-26-29(25,27-4-2)28-23-17-16-19-11-6-8-14-21(19)24(23)22-15-9-12-18-10-5-7-13-20(18)22;;;;/h5-14,16-17H,3-4H2,1-2H3;3*1H3;. The molecule has 0 aromatic heterocycles. The fourth-order valence-corrected chi connectivity index (χ4v) is 10.0. The van der Waals surface area contributed by atoms with Crippen LogP contribution in [0.5, 0.6) is 5.75 Å². The SMILES string of the molecule is CCOP(=O)(OCC)Oc1ccc2ccccc2c1-c1[c]([Sn]([CH3])([CH3])[CH3])ccc2ccccc12. The minimum absolute atomic E-state index is 0.234. The summed E-state index contributed by atoms with van der Waals surface area (Å²) in [7, 11) is -3.77. The van der Waals surface area contributed by atoms with Crippen molar-refractivity contribution in [1.82, 2.24) is 0 Å². The van der Waals surface area contributed by atoms with Gasteiger partial charge in [-0.3, -0.25) is 0 Å². The van der Waals surface area contributed by atoms with Crippen molar-refractivity contribution < 1.29 is 18.1 Å². The third-order valence-corrected chi connectivity index (χ3v) is 13.0. The Balaban J connectivity index is 2.11. The van der Waals surface area contributed by atoms with E-state index < -0.39 is 26.2 Å². The van der Waals surface area contributed by atoms with Gasteiger partial charge in [-0.15, -0.1) is 0 Å². The first-order chi connectivity index (χ1) is 15.8. The first-order valence-corrected chi connectivity index (χ1v) is 22.9. The average molecular weight is 569 g/mol. The van der Waals surface area contributed by atoms with Crippen molar-refractivity contribution in [2.45, 2.75) is 28.7 Å². The normalized spacial score (nSPS) is 12.4. The monoisotopic (exact) mass is 570 g/mol. The van der Waals surface area contributed by atoms with Gasteiger partial charge in [0.2, 0.25) is 0 Å². The molecule has 6 heteroatoms. The Morgan fingerprint density at radius 3 is 1.76 bits per heavy atom. The van der Waals surface area contributed by atoms with Gasteiger partial charge in [-0.05, 0) is 0 Å². The van der Waals surface area contributed by atoms with E-state index in [2.05, 4.69) is 63.3 Å². The molecule has 0 aliphatic heterocycles. The zero-order valence-corrected chi connectivity index (χ0v) is 23.7. The second kappa shape index (κ2) is 9.79. The van der Waals surface area contributed by atoms with E-state index in [9.17, 15) is 4.57 Å². The van der Waals surface area contributed by atoms with E-state index in [4.69, 9.17) is 13.6 Å². The molecule has 0 heterocycles. The molecule has 4 rings (SSSR count). The second-order valence-corrected chi connectivity index (χ2v) is 25.0. The molecule has 0 aliphatic rings. The third-order valence-electron chi connectivity index (χ3n) is 5.66. The Hall–Kier alpha value is -1.85. The van der Waals surface area contributed by atoms with Crippen LogP contribution in [-0.2, 0) is 13.6 Å². The van der Waals surface area contributed by atoms with E-state index in [0.29, 0.717) is 5.75 Å². The molecule has 0 saturated heterocycles. The summed E-state index contributed by atoms with van der Waals surface area (Å²) in [5.41, 5.74) is 2.12. The molecule has 0 unspecified atom stereocenters. The number of hydrogen-bond donors (Lipinski definition) is 0. The average Bonchev–Trinajstić information content (AvgIpc) is 2.78. The molecule has 0 fully saturated rings. The summed E-state index contributed by atoms with van der Waals surface area (Å²) in [6, 6.07) is 25.1.